The number of anilines is 1. The van der Waals surface area contributed by atoms with Crippen molar-refractivity contribution in [1.29, 1.82) is 0 Å². The van der Waals surface area contributed by atoms with E-state index in [-0.39, 0.29) is 18.6 Å². The Labute approximate surface area is 95.3 Å². The van der Waals surface area contributed by atoms with E-state index in [2.05, 4.69) is 5.32 Å². The number of carbonyl (C=O) groups excluding carboxylic acids is 1. The summed E-state index contributed by atoms with van der Waals surface area (Å²) in [4.78, 5) is 12.8. The monoisotopic (exact) mass is 224 g/mol. The van der Waals surface area contributed by atoms with Crippen LogP contribution < -0.4 is 5.32 Å². The number of hydrogen-bond acceptors (Lipinski definition) is 1. The van der Waals surface area contributed by atoms with Gasteiger partial charge in [0.25, 0.3) is 0 Å². The largest absolute Gasteiger partial charge is 0.331 e. The van der Waals surface area contributed by atoms with Crippen molar-refractivity contribution in [2.24, 2.45) is 0 Å². The minimum Gasteiger partial charge on any atom is -0.331 e. The lowest BCUT2D eigenvalue weighted by Crippen LogP contribution is -2.27. The number of halogens is 1. The third kappa shape index (κ3) is 3.22. The van der Waals surface area contributed by atoms with Crippen LogP contribution in [0.4, 0.5) is 14.9 Å². The Morgan fingerprint density at radius 3 is 2.38 bits per heavy atom. The Balaban J connectivity index is 2.68. The van der Waals surface area contributed by atoms with Crippen LogP contribution in [-0.2, 0) is 0 Å². The molecule has 1 unspecified atom stereocenters. The highest BCUT2D eigenvalue weighted by molar-refractivity contribution is 5.88. The molecule has 2 amide bonds. The summed E-state index contributed by atoms with van der Waals surface area (Å²) in [6.45, 7) is 1.46. The average Bonchev–Trinajstić information content (AvgIpc) is 2.28. The van der Waals surface area contributed by atoms with Crippen LogP contribution >= 0.6 is 0 Å². The van der Waals surface area contributed by atoms with Gasteiger partial charge < -0.3 is 10.2 Å². The van der Waals surface area contributed by atoms with E-state index in [1.807, 2.05) is 19.1 Å². The Bertz CT molecular complexity index is 349. The van der Waals surface area contributed by atoms with Crippen molar-refractivity contribution in [3.8, 4) is 0 Å². The van der Waals surface area contributed by atoms with Crippen molar-refractivity contribution >= 4 is 11.7 Å². The molecule has 0 aliphatic rings. The third-order valence-corrected chi connectivity index (χ3v) is 2.37. The molecule has 0 saturated heterocycles. The van der Waals surface area contributed by atoms with Crippen molar-refractivity contribution in [1.82, 2.24) is 4.90 Å². The Hall–Kier alpha value is -1.58. The normalized spacial score (nSPS) is 12.0. The maximum Gasteiger partial charge on any atom is 0.321 e. The molecule has 1 aromatic carbocycles. The Morgan fingerprint density at radius 1 is 1.38 bits per heavy atom. The smallest absolute Gasteiger partial charge is 0.321 e. The highest BCUT2D eigenvalue weighted by Crippen LogP contribution is 2.18. The van der Waals surface area contributed by atoms with Crippen molar-refractivity contribution in [2.75, 3.05) is 26.1 Å². The molecule has 16 heavy (non-hydrogen) atoms. The van der Waals surface area contributed by atoms with E-state index in [9.17, 15) is 9.18 Å². The summed E-state index contributed by atoms with van der Waals surface area (Å²) < 4.78 is 12.4. The standard InChI is InChI=1S/C12H17FN2O/c1-9(8-13)10-4-6-11(7-5-10)14-12(16)15(2)3/h4-7,9H,8H2,1-3H3,(H,14,16). The number of nitrogens with one attached hydrogen (secondary N) is 1. The van der Waals surface area contributed by atoms with Gasteiger partial charge in [-0.05, 0) is 17.7 Å². The number of benzene rings is 1. The highest BCUT2D eigenvalue weighted by atomic mass is 19.1. The van der Waals surface area contributed by atoms with Crippen LogP contribution in [0.25, 0.3) is 0 Å². The quantitative estimate of drug-likeness (QED) is 0.841. The molecule has 0 aliphatic carbocycles. The second-order valence-electron chi connectivity index (χ2n) is 4.00. The zero-order chi connectivity index (χ0) is 12.1. The number of rotatable bonds is 3. The Kier molecular flexibility index (Phi) is 4.28. The molecule has 1 rings (SSSR count). The van der Waals surface area contributed by atoms with Crippen molar-refractivity contribution < 1.29 is 9.18 Å². The second kappa shape index (κ2) is 5.49. The lowest BCUT2D eigenvalue weighted by molar-refractivity contribution is 0.230. The molecule has 1 N–H and O–H groups in total. The SMILES string of the molecule is CC(CF)c1ccc(NC(=O)N(C)C)cc1. The summed E-state index contributed by atoms with van der Waals surface area (Å²) in [5.74, 6) is -0.0985. The fraction of sp³-hybridized carbons (Fsp3) is 0.417. The average molecular weight is 224 g/mol. The lowest BCUT2D eigenvalue weighted by Gasteiger charge is -2.13. The number of urea groups is 1. The molecular formula is C12H17FN2O. The highest BCUT2D eigenvalue weighted by Gasteiger charge is 2.06. The zero-order valence-electron chi connectivity index (χ0n) is 9.83. The zero-order valence-corrected chi connectivity index (χ0v) is 9.83. The summed E-state index contributed by atoms with van der Waals surface area (Å²) in [7, 11) is 3.35. The maximum absolute atomic E-state index is 12.4. The first kappa shape index (κ1) is 12.5. The fourth-order valence-corrected chi connectivity index (χ4v) is 1.22. The van der Waals surface area contributed by atoms with Gasteiger partial charge in [-0.2, -0.15) is 0 Å². The summed E-state index contributed by atoms with van der Waals surface area (Å²) in [5.41, 5.74) is 1.65. The van der Waals surface area contributed by atoms with Gasteiger partial charge in [-0.25, -0.2) is 4.79 Å². The lowest BCUT2D eigenvalue weighted by atomic mass is 10.0. The molecular weight excluding hydrogens is 207 g/mol. The molecule has 0 spiro atoms. The molecule has 0 saturated carbocycles. The van der Waals surface area contributed by atoms with Crippen molar-refractivity contribution in [3.63, 3.8) is 0 Å². The predicted molar refractivity (Wildman–Crippen MR) is 63.5 cm³/mol. The van der Waals surface area contributed by atoms with Gasteiger partial charge in [-0.3, -0.25) is 4.39 Å². The van der Waals surface area contributed by atoms with Gasteiger partial charge in [0.05, 0.1) is 6.67 Å². The molecule has 1 aromatic rings. The van der Waals surface area contributed by atoms with E-state index < -0.39 is 0 Å². The summed E-state index contributed by atoms with van der Waals surface area (Å²) >= 11 is 0. The first-order valence-corrected chi connectivity index (χ1v) is 5.19. The van der Waals surface area contributed by atoms with Crippen molar-refractivity contribution in [2.45, 2.75) is 12.8 Å². The molecule has 88 valence electrons. The number of carbonyl (C=O) groups is 1. The maximum atomic E-state index is 12.4. The van der Waals surface area contributed by atoms with Gasteiger partial charge in [0, 0.05) is 25.7 Å². The van der Waals surface area contributed by atoms with Crippen LogP contribution in [0.1, 0.15) is 18.4 Å². The first-order chi connectivity index (χ1) is 7.54. The fourth-order valence-electron chi connectivity index (χ4n) is 1.22. The minimum absolute atomic E-state index is 0.0985. The Morgan fingerprint density at radius 2 is 1.94 bits per heavy atom. The molecule has 0 aliphatic heterocycles. The van der Waals surface area contributed by atoms with Gasteiger partial charge >= 0.3 is 6.03 Å². The molecule has 1 atom stereocenters. The molecule has 4 heteroatoms. The van der Waals surface area contributed by atoms with Crippen LogP contribution in [0.5, 0.6) is 0 Å². The first-order valence-electron chi connectivity index (χ1n) is 5.19. The van der Waals surface area contributed by atoms with Crippen molar-refractivity contribution in [3.05, 3.63) is 29.8 Å². The van der Waals surface area contributed by atoms with Crippen LogP contribution in [-0.4, -0.2) is 31.7 Å². The van der Waals surface area contributed by atoms with E-state index >= 15 is 0 Å². The van der Waals surface area contributed by atoms with Gasteiger partial charge in [-0.15, -0.1) is 0 Å². The third-order valence-electron chi connectivity index (χ3n) is 2.37. The number of amides is 2. The van der Waals surface area contributed by atoms with Gasteiger partial charge in [-0.1, -0.05) is 19.1 Å². The van der Waals surface area contributed by atoms with E-state index in [0.717, 1.165) is 5.56 Å². The van der Waals surface area contributed by atoms with Gasteiger partial charge in [0.15, 0.2) is 0 Å². The molecule has 0 bridgehead atoms. The van der Waals surface area contributed by atoms with Crippen LogP contribution in [0.15, 0.2) is 24.3 Å². The van der Waals surface area contributed by atoms with Gasteiger partial charge in [0.2, 0.25) is 0 Å². The summed E-state index contributed by atoms with van der Waals surface area (Å²) in [6.07, 6.45) is 0. The molecule has 0 aromatic heterocycles. The van der Waals surface area contributed by atoms with E-state index in [0.29, 0.717) is 5.69 Å². The molecule has 0 radical (unpaired) electrons. The van der Waals surface area contributed by atoms with E-state index in [4.69, 9.17) is 0 Å². The number of nitrogens with zero attached hydrogens (tertiary/aromatic N) is 1. The summed E-state index contributed by atoms with van der Waals surface area (Å²) in [5, 5.41) is 2.72. The predicted octanol–water partition coefficient (Wildman–Crippen LogP) is 2.85. The number of hydrogen-bond donors (Lipinski definition) is 1. The molecule has 0 fully saturated rings. The minimum atomic E-state index is -0.372. The van der Waals surface area contributed by atoms with Crippen LogP contribution in [0.2, 0.25) is 0 Å². The summed E-state index contributed by atoms with van der Waals surface area (Å²) in [6, 6.07) is 7.04. The van der Waals surface area contributed by atoms with Crippen LogP contribution in [0.3, 0.4) is 0 Å². The molecule has 3 nitrogen and oxygen atoms in total. The van der Waals surface area contributed by atoms with E-state index in [1.54, 1.807) is 26.2 Å². The topological polar surface area (TPSA) is 32.3 Å². The van der Waals surface area contributed by atoms with Crippen LogP contribution in [0, 0.1) is 0 Å². The number of alkyl halides is 1. The second-order valence-corrected chi connectivity index (χ2v) is 4.00. The van der Waals surface area contributed by atoms with Gasteiger partial charge in [0.1, 0.15) is 0 Å². The van der Waals surface area contributed by atoms with E-state index in [1.165, 1.54) is 4.90 Å². The molecule has 0 heterocycles.